The van der Waals surface area contributed by atoms with Gasteiger partial charge in [0.15, 0.2) is 0 Å². The third-order valence-electron chi connectivity index (χ3n) is 6.73. The van der Waals surface area contributed by atoms with Crippen molar-refractivity contribution in [2.24, 2.45) is 5.73 Å². The fourth-order valence-electron chi connectivity index (χ4n) is 5.09. The third-order valence-corrected chi connectivity index (χ3v) is 6.73. The van der Waals surface area contributed by atoms with Gasteiger partial charge < -0.3 is 26.2 Å². The number of rotatable bonds is 6. The second-order valence-corrected chi connectivity index (χ2v) is 9.70. The molecule has 1 fully saturated rings. The van der Waals surface area contributed by atoms with Crippen LogP contribution in [-0.4, -0.2) is 46.8 Å². The molecule has 0 atom stereocenters. The van der Waals surface area contributed by atoms with Crippen LogP contribution >= 0.6 is 0 Å². The Balaban J connectivity index is 1.80. The molecule has 0 aliphatic heterocycles. The lowest BCUT2D eigenvalue weighted by atomic mass is 9.71. The summed E-state index contributed by atoms with van der Waals surface area (Å²) in [5, 5.41) is 9.25. The zero-order valence-electron chi connectivity index (χ0n) is 19.1. The summed E-state index contributed by atoms with van der Waals surface area (Å²) >= 11 is 0. The highest BCUT2D eigenvalue weighted by atomic mass is 16.5. The lowest BCUT2D eigenvalue weighted by Crippen LogP contribution is -2.33. The Hall–Kier alpha value is -2.87. The van der Waals surface area contributed by atoms with Crippen LogP contribution in [0.3, 0.4) is 0 Å². The van der Waals surface area contributed by atoms with Crippen molar-refractivity contribution in [3.05, 3.63) is 29.6 Å². The first kappa shape index (κ1) is 22.3. The Bertz CT molecular complexity index is 1010. The summed E-state index contributed by atoms with van der Waals surface area (Å²) in [5.41, 5.74) is 16.9. The van der Waals surface area contributed by atoms with Gasteiger partial charge in [0.1, 0.15) is 17.9 Å². The van der Waals surface area contributed by atoms with Crippen LogP contribution in [0.4, 0.5) is 11.5 Å². The first-order valence-electron chi connectivity index (χ1n) is 11.3. The van der Waals surface area contributed by atoms with E-state index in [4.69, 9.17) is 16.2 Å². The van der Waals surface area contributed by atoms with Gasteiger partial charge in [0.25, 0.3) is 0 Å². The number of carboxylic acids is 1. The molecule has 1 aromatic carbocycles. The van der Waals surface area contributed by atoms with Crippen LogP contribution in [0.25, 0.3) is 11.3 Å². The first-order chi connectivity index (χ1) is 15.2. The van der Waals surface area contributed by atoms with E-state index < -0.39 is 5.97 Å². The number of aromatic nitrogens is 2. The lowest BCUT2D eigenvalue weighted by molar-refractivity contribution is -0.136. The van der Waals surface area contributed by atoms with E-state index in [2.05, 4.69) is 23.8 Å². The van der Waals surface area contributed by atoms with Gasteiger partial charge in [0, 0.05) is 30.8 Å². The van der Waals surface area contributed by atoms with E-state index in [9.17, 15) is 9.90 Å². The predicted octanol–water partition coefficient (Wildman–Crippen LogP) is 3.12. The number of hydrogen-bond donors (Lipinski definition) is 3. The second-order valence-electron chi connectivity index (χ2n) is 9.70. The maximum absolute atomic E-state index is 11.3. The number of ether oxygens (including phenoxy) is 1. The predicted molar refractivity (Wildman–Crippen MR) is 125 cm³/mol. The molecule has 172 valence electrons. The Morgan fingerprint density at radius 1 is 1.25 bits per heavy atom. The van der Waals surface area contributed by atoms with Crippen LogP contribution in [0.15, 0.2) is 18.5 Å². The minimum Gasteiger partial charge on any atom is -0.488 e. The SMILES string of the molecule is CN(CCC(=O)O)c1c(OC2CCC(N)CC2)ccc2c1CC(C)(C)c1c(N)ncnc1-2. The van der Waals surface area contributed by atoms with E-state index in [1.54, 1.807) is 0 Å². The molecule has 0 unspecified atom stereocenters. The highest BCUT2D eigenvalue weighted by molar-refractivity contribution is 5.83. The van der Waals surface area contributed by atoms with Crippen molar-refractivity contribution in [1.82, 2.24) is 9.97 Å². The number of benzene rings is 1. The van der Waals surface area contributed by atoms with E-state index in [1.165, 1.54) is 6.33 Å². The largest absolute Gasteiger partial charge is 0.488 e. The molecule has 8 nitrogen and oxygen atoms in total. The minimum absolute atomic E-state index is 0.0486. The molecule has 8 heteroatoms. The molecule has 1 saturated carbocycles. The summed E-state index contributed by atoms with van der Waals surface area (Å²) in [5.74, 6) is 0.472. The maximum Gasteiger partial charge on any atom is 0.305 e. The average Bonchev–Trinajstić information content (AvgIpc) is 2.73. The van der Waals surface area contributed by atoms with Gasteiger partial charge in [0.2, 0.25) is 0 Å². The van der Waals surface area contributed by atoms with Crippen molar-refractivity contribution < 1.29 is 14.6 Å². The fraction of sp³-hybridized carbons (Fsp3) is 0.542. The van der Waals surface area contributed by atoms with Gasteiger partial charge in [-0.25, -0.2) is 9.97 Å². The molecule has 0 amide bonds. The van der Waals surface area contributed by atoms with Crippen molar-refractivity contribution in [1.29, 1.82) is 0 Å². The molecule has 2 aliphatic carbocycles. The molecule has 0 spiro atoms. The molecule has 0 saturated heterocycles. The van der Waals surface area contributed by atoms with E-state index in [0.29, 0.717) is 12.4 Å². The van der Waals surface area contributed by atoms with Gasteiger partial charge in [-0.2, -0.15) is 0 Å². The van der Waals surface area contributed by atoms with E-state index in [-0.39, 0.29) is 24.0 Å². The van der Waals surface area contributed by atoms with Crippen LogP contribution in [0, 0.1) is 0 Å². The van der Waals surface area contributed by atoms with Crippen LogP contribution in [0.5, 0.6) is 5.75 Å². The normalized spacial score (nSPS) is 21.4. The summed E-state index contributed by atoms with van der Waals surface area (Å²) in [7, 11) is 1.93. The molecule has 2 aliphatic rings. The number of nitrogen functional groups attached to an aromatic ring is 1. The van der Waals surface area contributed by atoms with E-state index in [0.717, 1.165) is 65.9 Å². The Labute approximate surface area is 189 Å². The maximum atomic E-state index is 11.3. The van der Waals surface area contributed by atoms with Crippen LogP contribution in [0.1, 0.15) is 57.1 Å². The summed E-state index contributed by atoms with van der Waals surface area (Å²) in [4.78, 5) is 22.1. The minimum atomic E-state index is -0.823. The number of fused-ring (bicyclic) bond motifs is 3. The van der Waals surface area contributed by atoms with Gasteiger partial charge in [-0.1, -0.05) is 13.8 Å². The van der Waals surface area contributed by atoms with Gasteiger partial charge in [-0.3, -0.25) is 4.79 Å². The van der Waals surface area contributed by atoms with Gasteiger partial charge in [0.05, 0.1) is 23.9 Å². The van der Waals surface area contributed by atoms with Crippen molar-refractivity contribution in [3.63, 3.8) is 0 Å². The van der Waals surface area contributed by atoms with Crippen molar-refractivity contribution in [3.8, 4) is 17.0 Å². The molecule has 0 bridgehead atoms. The Kier molecular flexibility index (Phi) is 5.99. The molecule has 4 rings (SSSR count). The van der Waals surface area contributed by atoms with Crippen LogP contribution in [0.2, 0.25) is 0 Å². The number of carbonyl (C=O) groups is 1. The number of aliphatic carboxylic acids is 1. The summed E-state index contributed by atoms with van der Waals surface area (Å²) in [6.45, 7) is 4.67. The molecular weight excluding hydrogens is 406 g/mol. The van der Waals surface area contributed by atoms with Crippen LogP contribution in [-0.2, 0) is 16.6 Å². The zero-order valence-corrected chi connectivity index (χ0v) is 19.1. The number of anilines is 2. The number of hydrogen-bond acceptors (Lipinski definition) is 7. The number of nitrogens with two attached hydrogens (primary N) is 2. The Morgan fingerprint density at radius 3 is 2.66 bits per heavy atom. The van der Waals surface area contributed by atoms with Gasteiger partial charge >= 0.3 is 5.97 Å². The van der Waals surface area contributed by atoms with E-state index in [1.807, 2.05) is 24.1 Å². The standard InChI is InChI=1S/C24H33N5O3/c1-24(2)12-17-16(21-20(24)23(26)28-13-27-21)8-9-18(22(17)29(3)11-10-19(30)31)32-15-6-4-14(25)5-7-15/h8-9,13-15H,4-7,10-12,25H2,1-3H3,(H,30,31)(H2,26,27,28). The fourth-order valence-corrected chi connectivity index (χ4v) is 5.09. The monoisotopic (exact) mass is 439 g/mol. The summed E-state index contributed by atoms with van der Waals surface area (Å²) in [6.07, 6.45) is 6.15. The topological polar surface area (TPSA) is 128 Å². The third kappa shape index (κ3) is 4.24. The van der Waals surface area contributed by atoms with Gasteiger partial charge in [-0.15, -0.1) is 0 Å². The quantitative estimate of drug-likeness (QED) is 0.626. The molecule has 0 radical (unpaired) electrons. The van der Waals surface area contributed by atoms with E-state index >= 15 is 0 Å². The number of carboxylic acid groups (broad SMARTS) is 1. The molecule has 2 aromatic rings. The number of nitrogens with zero attached hydrogens (tertiary/aromatic N) is 3. The highest BCUT2D eigenvalue weighted by Crippen LogP contribution is 2.49. The van der Waals surface area contributed by atoms with Gasteiger partial charge in [-0.05, 0) is 55.2 Å². The summed E-state index contributed by atoms with van der Waals surface area (Å²) in [6, 6.07) is 4.28. The Morgan fingerprint density at radius 2 is 1.97 bits per heavy atom. The smallest absolute Gasteiger partial charge is 0.305 e. The van der Waals surface area contributed by atoms with Crippen molar-refractivity contribution in [2.75, 3.05) is 24.2 Å². The van der Waals surface area contributed by atoms with Crippen molar-refractivity contribution in [2.45, 2.75) is 69.9 Å². The highest BCUT2D eigenvalue weighted by Gasteiger charge is 2.37. The van der Waals surface area contributed by atoms with Crippen LogP contribution < -0.4 is 21.1 Å². The molecule has 1 heterocycles. The molecule has 1 aromatic heterocycles. The zero-order chi connectivity index (χ0) is 23.0. The summed E-state index contributed by atoms with van der Waals surface area (Å²) < 4.78 is 6.51. The first-order valence-corrected chi connectivity index (χ1v) is 11.3. The average molecular weight is 440 g/mol. The lowest BCUT2D eigenvalue weighted by Gasteiger charge is -2.37. The second kappa shape index (κ2) is 8.58. The van der Waals surface area contributed by atoms with Crippen molar-refractivity contribution >= 4 is 17.5 Å². The molecular formula is C24H33N5O3. The molecule has 32 heavy (non-hydrogen) atoms. The molecule has 5 N–H and O–H groups in total.